The summed E-state index contributed by atoms with van der Waals surface area (Å²) < 4.78 is 2.13. The first-order valence-electron chi connectivity index (χ1n) is 9.01. The van der Waals surface area contributed by atoms with Gasteiger partial charge in [-0.3, -0.25) is 14.8 Å². The molecule has 3 aromatic heterocycles. The highest BCUT2D eigenvalue weighted by Gasteiger charge is 2.28. The van der Waals surface area contributed by atoms with Gasteiger partial charge in [0.15, 0.2) is 0 Å². The molecule has 1 fully saturated rings. The summed E-state index contributed by atoms with van der Waals surface area (Å²) in [5.74, 6) is 1.17. The maximum Gasteiger partial charge on any atom is 0.255 e. The molecule has 0 aromatic carbocycles. The van der Waals surface area contributed by atoms with E-state index in [-0.39, 0.29) is 11.8 Å². The number of aromatic nitrogens is 4. The Kier molecular flexibility index (Phi) is 5.16. The van der Waals surface area contributed by atoms with Gasteiger partial charge < -0.3 is 9.47 Å². The van der Waals surface area contributed by atoms with Crippen LogP contribution in [0, 0.1) is 0 Å². The van der Waals surface area contributed by atoms with Crippen molar-refractivity contribution >= 4 is 17.5 Å². The quantitative estimate of drug-likeness (QED) is 0.694. The number of nitrogens with zero attached hydrogens (tertiary/aromatic N) is 5. The molecule has 0 spiro atoms. The number of halogens is 1. The van der Waals surface area contributed by atoms with Gasteiger partial charge in [0, 0.05) is 50.0 Å². The van der Waals surface area contributed by atoms with E-state index in [0.717, 1.165) is 30.9 Å². The van der Waals surface area contributed by atoms with E-state index in [2.05, 4.69) is 19.5 Å². The lowest BCUT2D eigenvalue weighted by atomic mass is 9.96. The van der Waals surface area contributed by atoms with Gasteiger partial charge >= 0.3 is 0 Å². The number of hydrogen-bond donors (Lipinski definition) is 0. The molecule has 1 aliphatic rings. The van der Waals surface area contributed by atoms with Crippen LogP contribution in [-0.2, 0) is 6.54 Å². The number of pyridine rings is 2. The summed E-state index contributed by atoms with van der Waals surface area (Å²) in [6, 6.07) is 7.57. The molecule has 1 aliphatic heterocycles. The monoisotopic (exact) mass is 381 g/mol. The van der Waals surface area contributed by atoms with Crippen molar-refractivity contribution in [1.29, 1.82) is 0 Å². The van der Waals surface area contributed by atoms with Crippen LogP contribution in [0.4, 0.5) is 0 Å². The number of hydrogen-bond acceptors (Lipinski definition) is 4. The largest absolute Gasteiger partial charge is 0.338 e. The van der Waals surface area contributed by atoms with Crippen LogP contribution in [0.1, 0.15) is 40.6 Å². The number of likely N-dealkylation sites (tertiary alicyclic amines) is 1. The fourth-order valence-electron chi connectivity index (χ4n) is 3.56. The number of piperidine rings is 1. The number of rotatable bonds is 4. The van der Waals surface area contributed by atoms with Crippen LogP contribution in [0.3, 0.4) is 0 Å². The lowest BCUT2D eigenvalue weighted by Gasteiger charge is -2.32. The smallest absolute Gasteiger partial charge is 0.255 e. The maximum atomic E-state index is 12.8. The van der Waals surface area contributed by atoms with Crippen LogP contribution in [0.2, 0.25) is 5.02 Å². The molecule has 0 bridgehead atoms. The second kappa shape index (κ2) is 7.88. The molecule has 138 valence electrons. The average molecular weight is 382 g/mol. The molecule has 1 saturated heterocycles. The zero-order valence-corrected chi connectivity index (χ0v) is 15.6. The maximum absolute atomic E-state index is 12.8. The Morgan fingerprint density at radius 3 is 2.96 bits per heavy atom. The molecule has 0 N–H and O–H groups in total. The Balaban J connectivity index is 1.51. The molecule has 0 aliphatic carbocycles. The van der Waals surface area contributed by atoms with Crippen molar-refractivity contribution in [2.24, 2.45) is 0 Å². The lowest BCUT2D eigenvalue weighted by Crippen LogP contribution is -2.39. The predicted molar refractivity (Wildman–Crippen MR) is 103 cm³/mol. The molecular formula is C20H20ClN5O. The van der Waals surface area contributed by atoms with Crippen LogP contribution < -0.4 is 0 Å². The summed E-state index contributed by atoms with van der Waals surface area (Å²) in [5.41, 5.74) is 1.52. The van der Waals surface area contributed by atoms with E-state index in [0.29, 0.717) is 23.7 Å². The third-order valence-corrected chi connectivity index (χ3v) is 5.04. The van der Waals surface area contributed by atoms with Gasteiger partial charge in [-0.05, 0) is 31.0 Å². The lowest BCUT2D eigenvalue weighted by molar-refractivity contribution is 0.0703. The third-order valence-electron chi connectivity index (χ3n) is 4.83. The van der Waals surface area contributed by atoms with Crippen molar-refractivity contribution in [3.63, 3.8) is 0 Å². The standard InChI is InChI=1S/C20H20ClN5O/c21-17-10-16(11-22-12-17)20(27)26-8-3-4-15(13-26)19-24-7-9-25(19)14-18-5-1-2-6-23-18/h1-2,5-7,9-12,15H,3-4,8,13-14H2/t15-/m0/s1. The van der Waals surface area contributed by atoms with E-state index >= 15 is 0 Å². The van der Waals surface area contributed by atoms with Crippen LogP contribution in [0.25, 0.3) is 0 Å². The van der Waals surface area contributed by atoms with Crippen LogP contribution in [-0.4, -0.2) is 43.4 Å². The van der Waals surface area contributed by atoms with Gasteiger partial charge in [0.2, 0.25) is 0 Å². The zero-order valence-electron chi connectivity index (χ0n) is 14.8. The number of imidazole rings is 1. The fourth-order valence-corrected chi connectivity index (χ4v) is 3.74. The molecule has 1 atom stereocenters. The average Bonchev–Trinajstić information content (AvgIpc) is 3.16. The molecule has 3 aromatic rings. The fraction of sp³-hybridized carbons (Fsp3) is 0.300. The minimum atomic E-state index is -0.0301. The Labute approximate surface area is 162 Å². The van der Waals surface area contributed by atoms with E-state index in [1.165, 1.54) is 6.20 Å². The van der Waals surface area contributed by atoms with E-state index in [9.17, 15) is 4.79 Å². The zero-order chi connectivity index (χ0) is 18.6. The van der Waals surface area contributed by atoms with Gasteiger partial charge in [-0.1, -0.05) is 17.7 Å². The van der Waals surface area contributed by atoms with Gasteiger partial charge in [0.25, 0.3) is 5.91 Å². The molecule has 1 amide bonds. The number of carbonyl (C=O) groups excluding carboxylic acids is 1. The van der Waals surface area contributed by atoms with E-state index in [1.807, 2.05) is 35.5 Å². The third kappa shape index (κ3) is 4.01. The summed E-state index contributed by atoms with van der Waals surface area (Å²) in [6.07, 6.45) is 10.7. The Morgan fingerprint density at radius 1 is 1.22 bits per heavy atom. The van der Waals surface area contributed by atoms with Gasteiger partial charge in [0.1, 0.15) is 5.82 Å². The first kappa shape index (κ1) is 17.7. The molecular weight excluding hydrogens is 362 g/mol. The predicted octanol–water partition coefficient (Wildman–Crippen LogP) is 3.39. The van der Waals surface area contributed by atoms with E-state index in [1.54, 1.807) is 18.5 Å². The molecule has 4 rings (SSSR count). The Morgan fingerprint density at radius 2 is 2.15 bits per heavy atom. The van der Waals surface area contributed by atoms with Crippen molar-refractivity contribution in [3.05, 3.63) is 77.4 Å². The minimum absolute atomic E-state index is 0.0301. The Bertz CT molecular complexity index is 927. The number of carbonyl (C=O) groups is 1. The van der Waals surface area contributed by atoms with Crippen molar-refractivity contribution < 1.29 is 4.79 Å². The molecule has 0 radical (unpaired) electrons. The van der Waals surface area contributed by atoms with Crippen LogP contribution in [0.15, 0.2) is 55.2 Å². The van der Waals surface area contributed by atoms with Crippen LogP contribution in [0.5, 0.6) is 0 Å². The summed E-state index contributed by atoms with van der Waals surface area (Å²) in [4.78, 5) is 27.7. The van der Waals surface area contributed by atoms with Gasteiger partial charge in [-0.15, -0.1) is 0 Å². The normalized spacial score (nSPS) is 17.1. The second-order valence-corrected chi connectivity index (χ2v) is 7.15. The van der Waals surface area contributed by atoms with E-state index in [4.69, 9.17) is 11.6 Å². The highest BCUT2D eigenvalue weighted by molar-refractivity contribution is 6.30. The van der Waals surface area contributed by atoms with Gasteiger partial charge in [-0.2, -0.15) is 0 Å². The molecule has 0 saturated carbocycles. The topological polar surface area (TPSA) is 63.9 Å². The highest BCUT2D eigenvalue weighted by atomic mass is 35.5. The minimum Gasteiger partial charge on any atom is -0.338 e. The first-order chi connectivity index (χ1) is 13.2. The summed E-state index contributed by atoms with van der Waals surface area (Å²) in [5, 5.41) is 0.473. The first-order valence-corrected chi connectivity index (χ1v) is 9.39. The molecule has 4 heterocycles. The van der Waals surface area contributed by atoms with Crippen molar-refractivity contribution in [2.45, 2.75) is 25.3 Å². The Hall–Kier alpha value is -2.73. The van der Waals surface area contributed by atoms with Crippen molar-refractivity contribution in [1.82, 2.24) is 24.4 Å². The number of amides is 1. The summed E-state index contributed by atoms with van der Waals surface area (Å²) in [6.45, 7) is 2.06. The molecule has 7 heteroatoms. The van der Waals surface area contributed by atoms with Crippen molar-refractivity contribution in [2.75, 3.05) is 13.1 Å². The molecule has 0 unspecified atom stereocenters. The van der Waals surface area contributed by atoms with Gasteiger partial charge in [-0.25, -0.2) is 4.98 Å². The van der Waals surface area contributed by atoms with Crippen molar-refractivity contribution in [3.8, 4) is 0 Å². The van der Waals surface area contributed by atoms with Crippen LogP contribution >= 0.6 is 11.6 Å². The molecule has 27 heavy (non-hydrogen) atoms. The molecule has 6 nitrogen and oxygen atoms in total. The van der Waals surface area contributed by atoms with Gasteiger partial charge in [0.05, 0.1) is 22.8 Å². The summed E-state index contributed by atoms with van der Waals surface area (Å²) in [7, 11) is 0. The highest BCUT2D eigenvalue weighted by Crippen LogP contribution is 2.27. The summed E-state index contributed by atoms with van der Waals surface area (Å²) >= 11 is 5.98. The SMILES string of the molecule is O=C(c1cncc(Cl)c1)N1CCC[C@H](c2nccn2Cc2ccccn2)C1. The van der Waals surface area contributed by atoms with E-state index < -0.39 is 0 Å². The second-order valence-electron chi connectivity index (χ2n) is 6.72.